The summed E-state index contributed by atoms with van der Waals surface area (Å²) in [5.41, 5.74) is 1.03. The first-order valence-electron chi connectivity index (χ1n) is 9.01. The van der Waals surface area contributed by atoms with Crippen LogP contribution in [0.25, 0.3) is 0 Å². The number of aromatic nitrogens is 2. The van der Waals surface area contributed by atoms with Crippen molar-refractivity contribution in [3.63, 3.8) is 0 Å². The molecule has 0 radical (unpaired) electrons. The molecule has 1 aliphatic heterocycles. The number of nitrogens with one attached hydrogen (secondary N) is 1. The number of benzene rings is 2. The van der Waals surface area contributed by atoms with Crippen LogP contribution >= 0.6 is 11.6 Å². The van der Waals surface area contributed by atoms with Gasteiger partial charge in [0.05, 0.1) is 5.02 Å². The first-order valence-corrected chi connectivity index (χ1v) is 9.39. The lowest BCUT2D eigenvalue weighted by Crippen LogP contribution is -2.29. The maximum Gasteiger partial charge on any atom is 0.318 e. The quantitative estimate of drug-likeness (QED) is 0.701. The summed E-state index contributed by atoms with van der Waals surface area (Å²) >= 11 is 5.80. The third kappa shape index (κ3) is 3.84. The first kappa shape index (κ1) is 18.4. The van der Waals surface area contributed by atoms with Gasteiger partial charge in [-0.1, -0.05) is 47.0 Å². The van der Waals surface area contributed by atoms with Gasteiger partial charge < -0.3 is 14.6 Å². The summed E-state index contributed by atoms with van der Waals surface area (Å²) in [7, 11) is 0. The summed E-state index contributed by atoms with van der Waals surface area (Å²) in [4.78, 5) is 14.8. The molecule has 0 bridgehead atoms. The van der Waals surface area contributed by atoms with E-state index in [1.54, 1.807) is 0 Å². The number of hydrogen-bond donors (Lipinski definition) is 1. The highest BCUT2D eigenvalue weighted by molar-refractivity contribution is 6.31. The highest BCUT2D eigenvalue weighted by Crippen LogP contribution is 2.26. The number of rotatable bonds is 5. The summed E-state index contributed by atoms with van der Waals surface area (Å²) in [5.74, 6) is -0.712. The van der Waals surface area contributed by atoms with Crippen LogP contribution in [-0.4, -0.2) is 29.2 Å². The number of hydrogen-bond acceptors (Lipinski definition) is 5. The zero-order chi connectivity index (χ0) is 19.5. The molecule has 1 aromatic heterocycles. The van der Waals surface area contributed by atoms with Crippen LogP contribution in [0.1, 0.15) is 40.7 Å². The van der Waals surface area contributed by atoms with Crippen molar-refractivity contribution in [2.75, 3.05) is 18.0 Å². The molecule has 144 valence electrons. The Labute approximate surface area is 166 Å². The number of carbonyl (C=O) groups is 1. The van der Waals surface area contributed by atoms with E-state index in [-0.39, 0.29) is 16.5 Å². The van der Waals surface area contributed by atoms with Crippen molar-refractivity contribution in [3.05, 3.63) is 76.4 Å². The lowest BCUT2D eigenvalue weighted by Gasteiger charge is -2.16. The fourth-order valence-corrected chi connectivity index (χ4v) is 3.34. The molecular weight excluding hydrogens is 383 g/mol. The number of carbonyl (C=O) groups excluding carboxylic acids is 1. The second-order valence-electron chi connectivity index (χ2n) is 6.56. The van der Waals surface area contributed by atoms with Gasteiger partial charge in [-0.25, -0.2) is 4.39 Å². The average Bonchev–Trinajstić information content (AvgIpc) is 3.40. The molecule has 1 amide bonds. The molecule has 4 rings (SSSR count). The van der Waals surface area contributed by atoms with E-state index in [0.29, 0.717) is 6.01 Å². The predicted molar refractivity (Wildman–Crippen MR) is 103 cm³/mol. The Kier molecular flexibility index (Phi) is 5.25. The lowest BCUT2D eigenvalue weighted by atomic mass is 10.1. The zero-order valence-electron chi connectivity index (χ0n) is 14.9. The minimum absolute atomic E-state index is 0.113. The van der Waals surface area contributed by atoms with Crippen LogP contribution in [0, 0.1) is 5.82 Å². The SMILES string of the molecule is O=C(N[C@@H](c1ccccc1)c1nnc(N2CCCC2)o1)c1ccc(F)c(Cl)c1. The summed E-state index contributed by atoms with van der Waals surface area (Å²) in [6, 6.07) is 13.0. The summed E-state index contributed by atoms with van der Waals surface area (Å²) in [6.07, 6.45) is 2.17. The van der Waals surface area contributed by atoms with E-state index in [9.17, 15) is 9.18 Å². The Bertz CT molecular complexity index is 973. The van der Waals surface area contributed by atoms with Gasteiger partial charge in [-0.05, 0) is 36.6 Å². The molecule has 0 unspecified atom stereocenters. The Morgan fingerprint density at radius 1 is 1.14 bits per heavy atom. The number of anilines is 1. The molecule has 0 saturated carbocycles. The van der Waals surface area contributed by atoms with Gasteiger partial charge in [-0.3, -0.25) is 4.79 Å². The van der Waals surface area contributed by atoms with Crippen molar-refractivity contribution < 1.29 is 13.6 Å². The van der Waals surface area contributed by atoms with Crippen LogP contribution in [0.3, 0.4) is 0 Å². The number of amides is 1. The molecule has 28 heavy (non-hydrogen) atoms. The minimum Gasteiger partial charge on any atom is -0.405 e. The minimum atomic E-state index is -0.638. The van der Waals surface area contributed by atoms with Gasteiger partial charge in [0.15, 0.2) is 0 Å². The largest absolute Gasteiger partial charge is 0.405 e. The molecule has 6 nitrogen and oxygen atoms in total. The second-order valence-corrected chi connectivity index (χ2v) is 6.97. The van der Waals surface area contributed by atoms with Crippen LogP contribution in [0.5, 0.6) is 0 Å². The van der Waals surface area contributed by atoms with E-state index in [2.05, 4.69) is 15.5 Å². The standard InChI is InChI=1S/C20H18ClFN4O2/c21-15-12-14(8-9-16(15)22)18(27)23-17(13-6-2-1-3-7-13)19-24-25-20(28-19)26-10-4-5-11-26/h1-3,6-9,12,17H,4-5,10-11H2,(H,23,27)/t17-/m0/s1. The van der Waals surface area contributed by atoms with Gasteiger partial charge in [0.1, 0.15) is 11.9 Å². The maximum absolute atomic E-state index is 13.4. The smallest absolute Gasteiger partial charge is 0.318 e. The second kappa shape index (κ2) is 7.98. The molecule has 1 fully saturated rings. The van der Waals surface area contributed by atoms with Crippen molar-refractivity contribution in [3.8, 4) is 0 Å². The van der Waals surface area contributed by atoms with Gasteiger partial charge >= 0.3 is 6.01 Å². The van der Waals surface area contributed by atoms with E-state index in [0.717, 1.165) is 37.6 Å². The first-order chi connectivity index (χ1) is 13.6. The summed E-state index contributed by atoms with van der Waals surface area (Å²) in [6.45, 7) is 1.75. The normalized spacial score (nSPS) is 14.9. The molecule has 0 aliphatic carbocycles. The van der Waals surface area contributed by atoms with Crippen LogP contribution in [0.4, 0.5) is 10.4 Å². The molecule has 0 spiro atoms. The van der Waals surface area contributed by atoms with Crippen molar-refractivity contribution in [1.29, 1.82) is 0 Å². The molecule has 8 heteroatoms. The third-order valence-corrected chi connectivity index (χ3v) is 4.93. The summed E-state index contributed by atoms with van der Waals surface area (Å²) in [5, 5.41) is 11.1. The molecule has 1 N–H and O–H groups in total. The van der Waals surface area contributed by atoms with Crippen molar-refractivity contribution in [1.82, 2.24) is 15.5 Å². The molecule has 1 saturated heterocycles. The monoisotopic (exact) mass is 400 g/mol. The Hall–Kier alpha value is -2.93. The third-order valence-electron chi connectivity index (χ3n) is 4.64. The average molecular weight is 401 g/mol. The van der Waals surface area contributed by atoms with E-state index in [1.807, 2.05) is 35.2 Å². The molecule has 1 atom stereocenters. The van der Waals surface area contributed by atoms with Gasteiger partial charge in [0.2, 0.25) is 5.89 Å². The van der Waals surface area contributed by atoms with Gasteiger partial charge in [-0.2, -0.15) is 0 Å². The zero-order valence-corrected chi connectivity index (χ0v) is 15.7. The van der Waals surface area contributed by atoms with Gasteiger partial charge in [0, 0.05) is 18.7 Å². The maximum atomic E-state index is 13.4. The van der Waals surface area contributed by atoms with Crippen LogP contribution < -0.4 is 10.2 Å². The molecule has 1 aliphatic rings. The van der Waals surface area contributed by atoms with E-state index in [4.69, 9.17) is 16.0 Å². The van der Waals surface area contributed by atoms with E-state index < -0.39 is 17.8 Å². The highest BCUT2D eigenvalue weighted by atomic mass is 35.5. The number of nitrogens with zero attached hydrogens (tertiary/aromatic N) is 3. The van der Waals surface area contributed by atoms with Crippen LogP contribution in [0.2, 0.25) is 5.02 Å². The fourth-order valence-electron chi connectivity index (χ4n) is 3.16. The Morgan fingerprint density at radius 2 is 1.89 bits per heavy atom. The molecule has 3 aromatic rings. The van der Waals surface area contributed by atoms with Crippen molar-refractivity contribution in [2.24, 2.45) is 0 Å². The Morgan fingerprint density at radius 3 is 2.61 bits per heavy atom. The van der Waals surface area contributed by atoms with Crippen molar-refractivity contribution in [2.45, 2.75) is 18.9 Å². The fraction of sp³-hybridized carbons (Fsp3) is 0.250. The van der Waals surface area contributed by atoms with Crippen molar-refractivity contribution >= 4 is 23.5 Å². The molecule has 2 heterocycles. The topological polar surface area (TPSA) is 71.3 Å². The highest BCUT2D eigenvalue weighted by Gasteiger charge is 2.26. The lowest BCUT2D eigenvalue weighted by molar-refractivity contribution is 0.0938. The molecule has 2 aromatic carbocycles. The van der Waals surface area contributed by atoms with E-state index >= 15 is 0 Å². The van der Waals surface area contributed by atoms with Gasteiger partial charge in [0.25, 0.3) is 5.91 Å². The summed E-state index contributed by atoms with van der Waals surface area (Å²) < 4.78 is 19.3. The van der Waals surface area contributed by atoms with Gasteiger partial charge in [-0.15, -0.1) is 5.10 Å². The van der Waals surface area contributed by atoms with E-state index in [1.165, 1.54) is 12.1 Å². The predicted octanol–water partition coefficient (Wildman–Crippen LogP) is 3.98. The van der Waals surface area contributed by atoms with Crippen LogP contribution in [-0.2, 0) is 0 Å². The molecular formula is C20H18ClFN4O2. The Balaban J connectivity index is 1.62. The number of halogens is 2. The van der Waals surface area contributed by atoms with Crippen LogP contribution in [0.15, 0.2) is 52.9 Å².